The minimum absolute atomic E-state index is 0.116. The first-order valence-corrected chi connectivity index (χ1v) is 5.51. The average Bonchev–Trinajstić information content (AvgIpc) is 2.79. The number of hydrogen-bond donors (Lipinski definition) is 0. The zero-order valence-electron chi connectivity index (χ0n) is 8.09. The highest BCUT2D eigenvalue weighted by Crippen LogP contribution is 2.56. The Morgan fingerprint density at radius 2 is 2.27 bits per heavy atom. The monoisotopic (exact) mass is 224 g/mol. The van der Waals surface area contributed by atoms with Gasteiger partial charge in [-0.15, -0.1) is 0 Å². The molecule has 4 rings (SSSR count). The SMILES string of the molecule is O=C1C2CCC1(c1ccc(F)c(Cl)c1)C2. The molecule has 0 radical (unpaired) electrons. The predicted molar refractivity (Wildman–Crippen MR) is 55.4 cm³/mol. The van der Waals surface area contributed by atoms with Crippen LogP contribution in [0.15, 0.2) is 18.2 Å². The van der Waals surface area contributed by atoms with Crippen LogP contribution in [0.5, 0.6) is 0 Å². The lowest BCUT2D eigenvalue weighted by Crippen LogP contribution is -2.44. The zero-order valence-corrected chi connectivity index (χ0v) is 8.85. The molecule has 78 valence electrons. The van der Waals surface area contributed by atoms with E-state index in [4.69, 9.17) is 11.6 Å². The molecule has 3 aliphatic rings. The summed E-state index contributed by atoms with van der Waals surface area (Å²) in [4.78, 5) is 11.8. The minimum Gasteiger partial charge on any atom is -0.298 e. The molecule has 2 atom stereocenters. The molecule has 3 saturated carbocycles. The number of hydrogen-bond acceptors (Lipinski definition) is 1. The Labute approximate surface area is 92.2 Å². The van der Waals surface area contributed by atoms with Gasteiger partial charge >= 0.3 is 0 Å². The molecular weight excluding hydrogens is 215 g/mol. The van der Waals surface area contributed by atoms with E-state index in [9.17, 15) is 9.18 Å². The Bertz CT molecular complexity index is 453. The van der Waals surface area contributed by atoms with Crippen molar-refractivity contribution in [2.24, 2.45) is 5.92 Å². The maximum absolute atomic E-state index is 13.0. The van der Waals surface area contributed by atoms with Gasteiger partial charge in [-0.3, -0.25) is 4.79 Å². The van der Waals surface area contributed by atoms with Gasteiger partial charge in [-0.2, -0.15) is 0 Å². The summed E-state index contributed by atoms with van der Waals surface area (Å²) in [6.45, 7) is 0. The smallest absolute Gasteiger partial charge is 0.146 e. The largest absolute Gasteiger partial charge is 0.298 e. The summed E-state index contributed by atoms with van der Waals surface area (Å²) in [6, 6.07) is 4.66. The van der Waals surface area contributed by atoms with Crippen LogP contribution in [0.1, 0.15) is 24.8 Å². The Kier molecular flexibility index (Phi) is 1.76. The van der Waals surface area contributed by atoms with Crippen molar-refractivity contribution < 1.29 is 9.18 Å². The van der Waals surface area contributed by atoms with E-state index in [1.54, 1.807) is 12.1 Å². The van der Waals surface area contributed by atoms with Gasteiger partial charge in [0.15, 0.2) is 0 Å². The summed E-state index contributed by atoms with van der Waals surface area (Å²) in [5.41, 5.74) is 0.579. The Hall–Kier alpha value is -0.890. The Morgan fingerprint density at radius 3 is 2.80 bits per heavy atom. The number of carbonyl (C=O) groups excluding carboxylic acids is 1. The van der Waals surface area contributed by atoms with E-state index in [2.05, 4.69) is 0 Å². The second-order valence-electron chi connectivity index (χ2n) is 4.51. The number of Topliss-reactive ketones (excluding diaryl/α,β-unsaturated/α-hetero) is 1. The molecule has 0 amide bonds. The minimum atomic E-state index is -0.418. The van der Waals surface area contributed by atoms with Gasteiger partial charge < -0.3 is 0 Å². The van der Waals surface area contributed by atoms with Crippen molar-refractivity contribution in [1.29, 1.82) is 0 Å². The van der Waals surface area contributed by atoms with Gasteiger partial charge in [0.25, 0.3) is 0 Å². The molecule has 1 aromatic carbocycles. The molecule has 0 aliphatic heterocycles. The third kappa shape index (κ3) is 1.06. The van der Waals surface area contributed by atoms with Gasteiger partial charge in [0, 0.05) is 5.92 Å². The first-order valence-electron chi connectivity index (χ1n) is 5.13. The van der Waals surface area contributed by atoms with E-state index in [1.807, 2.05) is 0 Å². The van der Waals surface area contributed by atoms with Crippen molar-refractivity contribution >= 4 is 17.4 Å². The lowest BCUT2D eigenvalue weighted by molar-refractivity contribution is -0.133. The first kappa shape index (κ1) is 9.34. The quantitative estimate of drug-likeness (QED) is 0.717. The highest BCUT2D eigenvalue weighted by molar-refractivity contribution is 6.30. The summed E-state index contributed by atoms with van der Waals surface area (Å²) >= 11 is 5.73. The predicted octanol–water partition coefficient (Wildman–Crippen LogP) is 3.10. The topological polar surface area (TPSA) is 17.1 Å². The van der Waals surface area contributed by atoms with Gasteiger partial charge in [0.1, 0.15) is 11.6 Å². The van der Waals surface area contributed by atoms with Gasteiger partial charge in [-0.05, 0) is 37.0 Å². The van der Waals surface area contributed by atoms with E-state index < -0.39 is 5.82 Å². The van der Waals surface area contributed by atoms with Crippen LogP contribution in [0.4, 0.5) is 4.39 Å². The van der Waals surface area contributed by atoms with Gasteiger partial charge in [0.2, 0.25) is 0 Å². The summed E-state index contributed by atoms with van der Waals surface area (Å²) in [6.07, 6.45) is 2.81. The van der Waals surface area contributed by atoms with E-state index in [0.29, 0.717) is 5.78 Å². The van der Waals surface area contributed by atoms with Crippen LogP contribution >= 0.6 is 11.6 Å². The van der Waals surface area contributed by atoms with Crippen LogP contribution in [0.2, 0.25) is 5.02 Å². The van der Waals surface area contributed by atoms with Crippen molar-refractivity contribution in [3.05, 3.63) is 34.6 Å². The second kappa shape index (κ2) is 2.82. The molecule has 15 heavy (non-hydrogen) atoms. The first-order chi connectivity index (χ1) is 7.13. The molecule has 0 spiro atoms. The lowest BCUT2D eigenvalue weighted by Gasteiger charge is -2.37. The van der Waals surface area contributed by atoms with E-state index >= 15 is 0 Å². The molecule has 0 saturated heterocycles. The number of rotatable bonds is 1. The lowest BCUT2D eigenvalue weighted by atomic mass is 9.64. The molecule has 3 fully saturated rings. The number of benzene rings is 1. The number of carbonyl (C=O) groups is 1. The van der Waals surface area contributed by atoms with Crippen LogP contribution < -0.4 is 0 Å². The molecule has 0 heterocycles. The fourth-order valence-electron chi connectivity index (χ4n) is 2.95. The van der Waals surface area contributed by atoms with Crippen molar-refractivity contribution in [3.8, 4) is 0 Å². The fraction of sp³-hybridized carbons (Fsp3) is 0.417. The Morgan fingerprint density at radius 1 is 1.47 bits per heavy atom. The summed E-state index contributed by atoms with van der Waals surface area (Å²) in [5.74, 6) is 0.164. The normalized spacial score (nSPS) is 32.9. The van der Waals surface area contributed by atoms with Crippen LogP contribution in [-0.2, 0) is 10.2 Å². The third-order valence-electron chi connectivity index (χ3n) is 3.83. The highest BCUT2D eigenvalue weighted by atomic mass is 35.5. The zero-order chi connectivity index (χ0) is 10.6. The molecule has 0 aromatic heterocycles. The van der Waals surface area contributed by atoms with Crippen LogP contribution in [0, 0.1) is 11.7 Å². The number of fused-ring (bicyclic) bond motifs is 1. The number of halogens is 2. The molecule has 0 N–H and O–H groups in total. The highest BCUT2D eigenvalue weighted by Gasteiger charge is 2.59. The van der Waals surface area contributed by atoms with Crippen LogP contribution in [0.3, 0.4) is 0 Å². The standard InChI is InChI=1S/C12H10ClFO/c13-9-5-8(1-2-10(9)14)12-4-3-7(6-12)11(12)15/h1-2,5,7H,3-4,6H2. The van der Waals surface area contributed by atoms with E-state index in [-0.39, 0.29) is 16.4 Å². The molecule has 2 unspecified atom stereocenters. The van der Waals surface area contributed by atoms with Gasteiger partial charge in [-0.25, -0.2) is 4.39 Å². The van der Waals surface area contributed by atoms with Gasteiger partial charge in [-0.1, -0.05) is 17.7 Å². The Balaban J connectivity index is 2.07. The fourth-order valence-corrected chi connectivity index (χ4v) is 3.13. The van der Waals surface area contributed by atoms with Crippen LogP contribution in [0.25, 0.3) is 0 Å². The van der Waals surface area contributed by atoms with Crippen molar-refractivity contribution in [1.82, 2.24) is 0 Å². The van der Waals surface area contributed by atoms with Crippen molar-refractivity contribution in [2.75, 3.05) is 0 Å². The molecule has 2 bridgehead atoms. The maximum atomic E-state index is 13.0. The molecule has 1 aromatic rings. The molecule has 3 heteroatoms. The second-order valence-corrected chi connectivity index (χ2v) is 4.92. The summed E-state index contributed by atoms with van der Waals surface area (Å²) in [5, 5.41) is 0.116. The van der Waals surface area contributed by atoms with Crippen molar-refractivity contribution in [2.45, 2.75) is 24.7 Å². The van der Waals surface area contributed by atoms with Gasteiger partial charge in [0.05, 0.1) is 10.4 Å². The maximum Gasteiger partial charge on any atom is 0.146 e. The van der Waals surface area contributed by atoms with E-state index in [1.165, 1.54) is 6.07 Å². The summed E-state index contributed by atoms with van der Waals surface area (Å²) < 4.78 is 13.0. The average molecular weight is 225 g/mol. The molecular formula is C12H10ClFO. The molecule has 3 aliphatic carbocycles. The molecule has 1 nitrogen and oxygen atoms in total. The summed E-state index contributed by atoms with van der Waals surface area (Å²) in [7, 11) is 0. The van der Waals surface area contributed by atoms with Crippen molar-refractivity contribution in [3.63, 3.8) is 0 Å². The third-order valence-corrected chi connectivity index (χ3v) is 4.12. The number of ketones is 1. The van der Waals surface area contributed by atoms with E-state index in [0.717, 1.165) is 24.8 Å². The van der Waals surface area contributed by atoms with Crippen LogP contribution in [-0.4, -0.2) is 5.78 Å².